The maximum Gasteiger partial charge on any atom is 0.341 e. The topological polar surface area (TPSA) is 154 Å². The standard InChI is InChI=1S/C46H58N4O9/c1-8-42(54)23-27-24-45(40(52)58-6,36-29(15-19-49(25-27)26-42)28-13-10-11-14-32(28)47-36)31-21-30-33(22-34(31)56-4)48(3)39-44(30)17-20-50-18-12-16-43(9-2,38(44)50)35(37(51)57-5)46(39,55)41(53)59-7/h10-14,16,21-22,27,35,38-39,47,54-55H,8-9,15,17-20,23-26H2,1-7H3/t27-,35-,38-,39+,42-,43+,44-,45+,46-/m0/s1. The van der Waals surface area contributed by atoms with Crippen molar-refractivity contribution in [3.05, 3.63) is 70.9 Å². The molecule has 1 aromatic heterocycles. The number of para-hydroxylation sites is 1. The molecule has 2 saturated heterocycles. The SMILES string of the molecule is CC[C@]1(O)C[C@@H]2CN(CCc3c([nH]c4ccccc34)[C@](C(=O)OC)(c3cc4c(cc3OC)N(C)[C@H]3[C@](O)(C(=O)OC)[C@@H](C(=O)OC)[C@@]5(CC)C=CCN6CC[C@@]43[C@@H]65)C2)C1. The van der Waals surface area contributed by atoms with E-state index in [4.69, 9.17) is 18.9 Å². The Hall–Kier alpha value is -4.43. The van der Waals surface area contributed by atoms with Gasteiger partial charge >= 0.3 is 17.9 Å². The molecule has 9 rings (SSSR count). The summed E-state index contributed by atoms with van der Waals surface area (Å²) >= 11 is 0. The fourth-order valence-corrected chi connectivity index (χ4v) is 13.7. The number of likely N-dealkylation sites (N-methyl/N-ethyl adjacent to an activating group) is 1. The van der Waals surface area contributed by atoms with Crippen molar-refractivity contribution < 1.29 is 43.5 Å². The van der Waals surface area contributed by atoms with Crippen LogP contribution in [-0.4, -0.2) is 134 Å². The molecule has 1 spiro atoms. The molecule has 1 saturated carbocycles. The highest BCUT2D eigenvalue weighted by molar-refractivity contribution is 5.96. The van der Waals surface area contributed by atoms with Crippen molar-refractivity contribution in [2.24, 2.45) is 17.3 Å². The number of hydrogen-bond acceptors (Lipinski definition) is 12. The van der Waals surface area contributed by atoms with Gasteiger partial charge < -0.3 is 39.0 Å². The molecule has 5 aliphatic heterocycles. The number of aliphatic hydroxyl groups is 2. The predicted octanol–water partition coefficient (Wildman–Crippen LogP) is 3.85. The lowest BCUT2D eigenvalue weighted by Gasteiger charge is -2.63. The van der Waals surface area contributed by atoms with Crippen molar-refractivity contribution in [3.63, 3.8) is 0 Å². The summed E-state index contributed by atoms with van der Waals surface area (Å²) in [5, 5.41) is 26.4. The first-order chi connectivity index (χ1) is 28.3. The summed E-state index contributed by atoms with van der Waals surface area (Å²) in [6, 6.07) is 10.9. The molecule has 13 heteroatoms. The van der Waals surface area contributed by atoms with Crippen LogP contribution in [0.4, 0.5) is 5.69 Å². The monoisotopic (exact) mass is 810 g/mol. The number of methoxy groups -OCH3 is 4. The Balaban J connectivity index is 1.37. The molecule has 1 unspecified atom stereocenters. The van der Waals surface area contributed by atoms with E-state index in [0.717, 1.165) is 33.4 Å². The highest BCUT2D eigenvalue weighted by Gasteiger charge is 2.80. The Labute approximate surface area is 345 Å². The van der Waals surface area contributed by atoms with Gasteiger partial charge in [0.05, 0.1) is 40.1 Å². The van der Waals surface area contributed by atoms with E-state index in [2.05, 4.69) is 26.9 Å². The summed E-state index contributed by atoms with van der Waals surface area (Å²) in [7, 11) is 7.42. The first kappa shape index (κ1) is 40.0. The lowest BCUT2D eigenvalue weighted by molar-refractivity contribution is -0.209. The van der Waals surface area contributed by atoms with Crippen LogP contribution < -0.4 is 9.64 Å². The molecule has 0 amide bonds. The molecule has 6 heterocycles. The third-order valence-corrected chi connectivity index (χ3v) is 15.8. The zero-order valence-corrected chi connectivity index (χ0v) is 35.3. The highest BCUT2D eigenvalue weighted by Crippen LogP contribution is 2.69. The fourth-order valence-electron chi connectivity index (χ4n) is 13.7. The zero-order chi connectivity index (χ0) is 41.9. The fraction of sp³-hybridized carbons (Fsp3) is 0.587. The normalized spacial score (nSPS) is 37.0. The molecule has 6 aliphatic rings. The van der Waals surface area contributed by atoms with Gasteiger partial charge in [-0.05, 0) is 74.2 Å². The zero-order valence-electron chi connectivity index (χ0n) is 35.3. The smallest absolute Gasteiger partial charge is 0.341 e. The number of H-pyrrole nitrogens is 1. The van der Waals surface area contributed by atoms with Crippen LogP contribution in [0.5, 0.6) is 5.75 Å². The summed E-state index contributed by atoms with van der Waals surface area (Å²) in [4.78, 5) is 54.4. The number of rotatable bonds is 7. The van der Waals surface area contributed by atoms with Gasteiger partial charge in [0.15, 0.2) is 5.60 Å². The summed E-state index contributed by atoms with van der Waals surface area (Å²) < 4.78 is 23.2. The summed E-state index contributed by atoms with van der Waals surface area (Å²) in [6.45, 7) is 7.27. The van der Waals surface area contributed by atoms with E-state index in [1.165, 1.54) is 21.3 Å². The van der Waals surface area contributed by atoms with Crippen molar-refractivity contribution in [2.75, 3.05) is 73.1 Å². The van der Waals surface area contributed by atoms with E-state index in [0.29, 0.717) is 82.6 Å². The predicted molar refractivity (Wildman–Crippen MR) is 220 cm³/mol. The second-order valence-electron chi connectivity index (χ2n) is 18.2. The molecule has 2 bridgehead atoms. The van der Waals surface area contributed by atoms with E-state index in [1.54, 1.807) is 7.11 Å². The molecular weight excluding hydrogens is 753 g/mol. The average molecular weight is 811 g/mol. The number of nitrogens with zero attached hydrogens (tertiary/aromatic N) is 3. The number of aromatic nitrogens is 1. The van der Waals surface area contributed by atoms with Crippen LogP contribution in [0.2, 0.25) is 0 Å². The molecule has 59 heavy (non-hydrogen) atoms. The minimum absolute atomic E-state index is 0.102. The van der Waals surface area contributed by atoms with Crippen LogP contribution in [0.25, 0.3) is 10.9 Å². The van der Waals surface area contributed by atoms with Crippen molar-refractivity contribution in [1.82, 2.24) is 14.8 Å². The van der Waals surface area contributed by atoms with Crippen LogP contribution >= 0.6 is 0 Å². The van der Waals surface area contributed by atoms with Crippen molar-refractivity contribution in [1.29, 1.82) is 0 Å². The van der Waals surface area contributed by atoms with E-state index >= 15 is 4.79 Å². The van der Waals surface area contributed by atoms with Gasteiger partial charge in [-0.15, -0.1) is 0 Å². The lowest BCUT2D eigenvalue weighted by Crippen LogP contribution is -2.80. The average Bonchev–Trinajstić information content (AvgIpc) is 3.91. The third kappa shape index (κ3) is 5.07. The second kappa shape index (κ2) is 13.8. The second-order valence-corrected chi connectivity index (χ2v) is 18.2. The van der Waals surface area contributed by atoms with Gasteiger partial charge in [0.1, 0.15) is 17.1 Å². The third-order valence-electron chi connectivity index (χ3n) is 15.8. The number of aromatic amines is 1. The number of esters is 3. The summed E-state index contributed by atoms with van der Waals surface area (Å²) in [5.41, 5.74) is -1.77. The van der Waals surface area contributed by atoms with Gasteiger partial charge in [0.2, 0.25) is 0 Å². The van der Waals surface area contributed by atoms with Gasteiger partial charge in [-0.2, -0.15) is 0 Å². The summed E-state index contributed by atoms with van der Waals surface area (Å²) in [6.07, 6.45) is 7.12. The first-order valence-electron chi connectivity index (χ1n) is 21.2. The molecule has 0 radical (unpaired) electrons. The first-order valence-corrected chi connectivity index (χ1v) is 21.2. The number of carbonyl (C=O) groups excluding carboxylic acids is 3. The van der Waals surface area contributed by atoms with Crippen molar-refractivity contribution >= 4 is 34.5 Å². The molecular formula is C46H58N4O9. The molecule has 10 atom stereocenters. The van der Waals surface area contributed by atoms with Crippen LogP contribution in [0.1, 0.15) is 68.3 Å². The minimum atomic E-state index is -2.34. The number of anilines is 1. The maximum atomic E-state index is 15.3. The molecule has 2 aromatic carbocycles. The van der Waals surface area contributed by atoms with E-state index in [-0.39, 0.29) is 12.0 Å². The largest absolute Gasteiger partial charge is 0.496 e. The number of benzene rings is 2. The molecule has 3 fully saturated rings. The summed E-state index contributed by atoms with van der Waals surface area (Å²) in [5.74, 6) is -2.96. The number of piperidine rings is 1. The van der Waals surface area contributed by atoms with E-state index < -0.39 is 57.3 Å². The maximum absolute atomic E-state index is 15.3. The Bertz CT molecular complexity index is 2260. The number of fused-ring (bicyclic) bond motifs is 6. The minimum Gasteiger partial charge on any atom is -0.496 e. The van der Waals surface area contributed by atoms with Crippen LogP contribution in [-0.2, 0) is 45.8 Å². The Morgan fingerprint density at radius 3 is 2.37 bits per heavy atom. The molecule has 316 valence electrons. The lowest BCUT2D eigenvalue weighted by atomic mass is 9.44. The van der Waals surface area contributed by atoms with Gasteiger partial charge in [-0.3, -0.25) is 19.4 Å². The molecule has 13 nitrogen and oxygen atoms in total. The number of carbonyl (C=O) groups is 3. The number of hydrogen-bond donors (Lipinski definition) is 3. The number of nitrogens with one attached hydrogen (secondary N) is 1. The van der Waals surface area contributed by atoms with Crippen LogP contribution in [0.15, 0.2) is 48.6 Å². The van der Waals surface area contributed by atoms with Gasteiger partial charge in [0, 0.05) is 84.0 Å². The van der Waals surface area contributed by atoms with Gasteiger partial charge in [0.25, 0.3) is 0 Å². The van der Waals surface area contributed by atoms with Gasteiger partial charge in [-0.1, -0.05) is 44.2 Å². The van der Waals surface area contributed by atoms with Gasteiger partial charge in [-0.25, -0.2) is 4.79 Å². The van der Waals surface area contributed by atoms with E-state index in [9.17, 15) is 19.8 Å². The molecule has 3 N–H and O–H groups in total. The Morgan fingerprint density at radius 2 is 1.68 bits per heavy atom. The van der Waals surface area contributed by atoms with Crippen LogP contribution in [0.3, 0.4) is 0 Å². The quantitative estimate of drug-likeness (QED) is 0.181. The number of ether oxygens (including phenoxy) is 4. The Morgan fingerprint density at radius 1 is 0.915 bits per heavy atom. The Kier molecular flexibility index (Phi) is 9.36. The molecule has 3 aromatic rings. The molecule has 1 aliphatic carbocycles. The van der Waals surface area contributed by atoms with Crippen molar-refractivity contribution in [3.8, 4) is 5.75 Å². The van der Waals surface area contributed by atoms with Crippen LogP contribution in [0, 0.1) is 17.3 Å². The van der Waals surface area contributed by atoms with Crippen molar-refractivity contribution in [2.45, 2.75) is 86.5 Å². The highest BCUT2D eigenvalue weighted by atomic mass is 16.5. The van der Waals surface area contributed by atoms with E-state index in [1.807, 2.05) is 62.2 Å².